The van der Waals surface area contributed by atoms with Gasteiger partial charge in [-0.2, -0.15) is 0 Å². The number of fused-ring (bicyclic) bond motifs is 2. The van der Waals surface area contributed by atoms with Crippen LogP contribution in [0.15, 0.2) is 36.4 Å². The fourth-order valence-electron chi connectivity index (χ4n) is 4.29. The lowest BCUT2D eigenvalue weighted by atomic mass is 9.70. The Morgan fingerprint density at radius 2 is 1.82 bits per heavy atom. The Labute approximate surface area is 131 Å². The van der Waals surface area contributed by atoms with Crippen LogP contribution in [0, 0.1) is 12.7 Å². The van der Waals surface area contributed by atoms with Gasteiger partial charge in [-0.25, -0.2) is 4.39 Å². The van der Waals surface area contributed by atoms with Crippen molar-refractivity contribution in [2.45, 2.75) is 44.4 Å². The second kappa shape index (κ2) is 5.12. The molecule has 1 nitrogen and oxygen atoms in total. The van der Waals surface area contributed by atoms with Crippen LogP contribution in [0.25, 0.3) is 11.1 Å². The first-order chi connectivity index (χ1) is 10.7. The lowest BCUT2D eigenvalue weighted by Crippen LogP contribution is -2.30. The van der Waals surface area contributed by atoms with Crippen LogP contribution in [0.2, 0.25) is 0 Å². The number of anilines is 1. The summed E-state index contributed by atoms with van der Waals surface area (Å²) in [5.41, 5.74) is 6.46. The Balaban J connectivity index is 1.79. The van der Waals surface area contributed by atoms with Crippen molar-refractivity contribution in [2.24, 2.45) is 0 Å². The summed E-state index contributed by atoms with van der Waals surface area (Å²) in [6, 6.07) is 11.8. The second-order valence-electron chi connectivity index (χ2n) is 6.91. The molecule has 2 heteroatoms. The van der Waals surface area contributed by atoms with Gasteiger partial charge in [0.05, 0.1) is 0 Å². The molecule has 0 atom stereocenters. The topological polar surface area (TPSA) is 12.0 Å². The lowest BCUT2D eigenvalue weighted by molar-refractivity contribution is 0.319. The van der Waals surface area contributed by atoms with Gasteiger partial charge in [-0.3, -0.25) is 0 Å². The molecule has 2 aromatic rings. The Morgan fingerprint density at radius 1 is 1.00 bits per heavy atom. The van der Waals surface area contributed by atoms with Gasteiger partial charge >= 0.3 is 0 Å². The number of hydrogen-bond donors (Lipinski definition) is 1. The van der Waals surface area contributed by atoms with Gasteiger partial charge in [0.2, 0.25) is 0 Å². The molecule has 0 radical (unpaired) electrons. The van der Waals surface area contributed by atoms with E-state index >= 15 is 0 Å². The first-order valence-corrected chi connectivity index (χ1v) is 8.33. The van der Waals surface area contributed by atoms with Crippen molar-refractivity contribution in [3.8, 4) is 11.1 Å². The minimum Gasteiger partial charge on any atom is -0.384 e. The molecule has 1 fully saturated rings. The van der Waals surface area contributed by atoms with Crippen LogP contribution in [0.3, 0.4) is 0 Å². The summed E-state index contributed by atoms with van der Waals surface area (Å²) in [5.74, 6) is -0.159. The molecule has 0 aromatic heterocycles. The number of rotatable bonds is 1. The molecule has 1 N–H and O–H groups in total. The Bertz CT molecular complexity index is 708. The zero-order chi connectivity index (χ0) is 15.2. The van der Waals surface area contributed by atoms with Crippen LogP contribution in [0.5, 0.6) is 0 Å². The highest BCUT2D eigenvalue weighted by molar-refractivity contribution is 5.73. The van der Waals surface area contributed by atoms with Crippen molar-refractivity contribution in [1.29, 1.82) is 0 Å². The van der Waals surface area contributed by atoms with Crippen LogP contribution < -0.4 is 5.32 Å². The van der Waals surface area contributed by atoms with Gasteiger partial charge in [-0.1, -0.05) is 31.4 Å². The number of nitrogens with one attached hydrogen (secondary N) is 1. The largest absolute Gasteiger partial charge is 0.384 e. The summed E-state index contributed by atoms with van der Waals surface area (Å²) in [6.07, 6.45) is 6.62. The number of halogens is 1. The third-order valence-corrected chi connectivity index (χ3v) is 5.52. The van der Waals surface area contributed by atoms with E-state index in [0.717, 1.165) is 17.7 Å². The van der Waals surface area contributed by atoms with Crippen molar-refractivity contribution >= 4 is 5.69 Å². The average Bonchev–Trinajstić information content (AvgIpc) is 2.86. The maximum absolute atomic E-state index is 13.4. The predicted octanol–water partition coefficient (Wildman–Crippen LogP) is 5.43. The molecule has 0 bridgehead atoms. The Kier molecular flexibility index (Phi) is 3.21. The third kappa shape index (κ3) is 2.13. The zero-order valence-electron chi connectivity index (χ0n) is 13.1. The Hall–Kier alpha value is -1.83. The molecule has 114 valence electrons. The highest BCUT2D eigenvalue weighted by Gasteiger charge is 2.39. The fourth-order valence-corrected chi connectivity index (χ4v) is 4.29. The molecule has 0 saturated heterocycles. The van der Waals surface area contributed by atoms with E-state index in [1.165, 1.54) is 48.9 Å². The summed E-state index contributed by atoms with van der Waals surface area (Å²) in [6.45, 7) is 3.06. The Morgan fingerprint density at radius 3 is 2.59 bits per heavy atom. The lowest BCUT2D eigenvalue weighted by Gasteiger charge is -2.33. The molecule has 1 heterocycles. The first kappa shape index (κ1) is 13.8. The third-order valence-electron chi connectivity index (χ3n) is 5.52. The van der Waals surface area contributed by atoms with E-state index in [4.69, 9.17) is 0 Å². The van der Waals surface area contributed by atoms with Gasteiger partial charge in [0.15, 0.2) is 0 Å². The number of aryl methyl sites for hydroxylation is 1. The van der Waals surface area contributed by atoms with Gasteiger partial charge in [0, 0.05) is 17.6 Å². The van der Waals surface area contributed by atoms with E-state index in [9.17, 15) is 4.39 Å². The summed E-state index contributed by atoms with van der Waals surface area (Å²) in [5, 5.41) is 3.60. The van der Waals surface area contributed by atoms with Gasteiger partial charge in [-0.15, -0.1) is 0 Å². The number of hydrogen-bond acceptors (Lipinski definition) is 1. The molecule has 0 unspecified atom stereocenters. The highest BCUT2D eigenvalue weighted by atomic mass is 19.1. The summed E-state index contributed by atoms with van der Waals surface area (Å²) in [7, 11) is 0. The normalized spacial score (nSPS) is 19.0. The summed E-state index contributed by atoms with van der Waals surface area (Å²) in [4.78, 5) is 0. The van der Waals surface area contributed by atoms with E-state index in [-0.39, 0.29) is 5.82 Å². The average molecular weight is 295 g/mol. The summed E-state index contributed by atoms with van der Waals surface area (Å²) >= 11 is 0. The van der Waals surface area contributed by atoms with Crippen molar-refractivity contribution < 1.29 is 4.39 Å². The van der Waals surface area contributed by atoms with Gasteiger partial charge in [-0.05, 0) is 66.3 Å². The summed E-state index contributed by atoms with van der Waals surface area (Å²) < 4.78 is 13.4. The highest BCUT2D eigenvalue weighted by Crippen LogP contribution is 2.47. The molecule has 1 aliphatic carbocycles. The minimum absolute atomic E-state index is 0.159. The molecule has 1 saturated carbocycles. The maximum atomic E-state index is 13.4. The van der Waals surface area contributed by atoms with E-state index in [2.05, 4.69) is 23.5 Å². The van der Waals surface area contributed by atoms with Crippen LogP contribution in [0.1, 0.15) is 43.2 Å². The van der Waals surface area contributed by atoms with Crippen LogP contribution >= 0.6 is 0 Å². The smallest absolute Gasteiger partial charge is 0.123 e. The number of benzene rings is 2. The molecule has 2 aliphatic rings. The molecule has 4 rings (SSSR count). The second-order valence-corrected chi connectivity index (χ2v) is 6.91. The van der Waals surface area contributed by atoms with Crippen molar-refractivity contribution in [2.75, 3.05) is 11.9 Å². The molecule has 2 aromatic carbocycles. The molecule has 1 aliphatic heterocycles. The molecule has 0 amide bonds. The van der Waals surface area contributed by atoms with Crippen LogP contribution in [-0.4, -0.2) is 6.54 Å². The SMILES string of the molecule is Cc1cc(F)ccc1-c1ccc2c(c1)C1(CCCCC1)CN2. The standard InChI is InChI=1S/C20H22FN/c1-14-11-16(21)6-7-17(14)15-5-8-19-18(12-15)20(13-22-19)9-3-2-4-10-20/h5-8,11-12,22H,2-4,9-10,13H2,1H3. The quantitative estimate of drug-likeness (QED) is 0.740. The molecule has 1 spiro atoms. The van der Waals surface area contributed by atoms with Crippen molar-refractivity contribution in [1.82, 2.24) is 0 Å². The van der Waals surface area contributed by atoms with Gasteiger partial charge in [0.25, 0.3) is 0 Å². The van der Waals surface area contributed by atoms with Crippen LogP contribution in [-0.2, 0) is 5.41 Å². The first-order valence-electron chi connectivity index (χ1n) is 8.33. The van der Waals surface area contributed by atoms with E-state index < -0.39 is 0 Å². The van der Waals surface area contributed by atoms with Crippen LogP contribution in [0.4, 0.5) is 10.1 Å². The van der Waals surface area contributed by atoms with Crippen molar-refractivity contribution in [3.05, 3.63) is 53.3 Å². The van der Waals surface area contributed by atoms with E-state index in [0.29, 0.717) is 5.41 Å². The predicted molar refractivity (Wildman–Crippen MR) is 89.8 cm³/mol. The molecular formula is C20H22FN. The molecular weight excluding hydrogens is 273 g/mol. The zero-order valence-corrected chi connectivity index (χ0v) is 13.1. The maximum Gasteiger partial charge on any atom is 0.123 e. The minimum atomic E-state index is -0.159. The van der Waals surface area contributed by atoms with Gasteiger partial charge < -0.3 is 5.32 Å². The monoisotopic (exact) mass is 295 g/mol. The van der Waals surface area contributed by atoms with E-state index in [1.54, 1.807) is 12.1 Å². The fraction of sp³-hybridized carbons (Fsp3) is 0.400. The molecule has 22 heavy (non-hydrogen) atoms. The van der Waals surface area contributed by atoms with E-state index in [1.807, 2.05) is 13.0 Å². The van der Waals surface area contributed by atoms with Gasteiger partial charge in [0.1, 0.15) is 5.82 Å². The van der Waals surface area contributed by atoms with Crippen molar-refractivity contribution in [3.63, 3.8) is 0 Å².